The van der Waals surface area contributed by atoms with Gasteiger partial charge in [0.15, 0.2) is 5.78 Å². The van der Waals surface area contributed by atoms with E-state index in [4.69, 9.17) is 0 Å². The molecule has 1 heteroatoms. The molecule has 0 radical (unpaired) electrons. The van der Waals surface area contributed by atoms with Crippen LogP contribution in [0, 0.1) is 6.92 Å². The van der Waals surface area contributed by atoms with Crippen LogP contribution in [0.3, 0.4) is 0 Å². The first kappa shape index (κ1) is 10.4. The van der Waals surface area contributed by atoms with Crippen molar-refractivity contribution in [3.05, 3.63) is 34.9 Å². The minimum Gasteiger partial charge on any atom is -0.294 e. The van der Waals surface area contributed by atoms with Crippen molar-refractivity contribution in [1.82, 2.24) is 0 Å². The highest BCUT2D eigenvalue weighted by atomic mass is 16.1. The second-order valence-corrected chi connectivity index (χ2v) is 4.89. The van der Waals surface area contributed by atoms with E-state index < -0.39 is 0 Å². The SMILES string of the molecule is CC[C@]1(C)CCC(=O)c2cc(C)ccc21. The van der Waals surface area contributed by atoms with Gasteiger partial charge < -0.3 is 0 Å². The number of carbonyl (C=O) groups is 1. The Morgan fingerprint density at radius 3 is 2.80 bits per heavy atom. The first-order valence-electron chi connectivity index (χ1n) is 5.71. The minimum atomic E-state index is 0.205. The standard InChI is InChI=1S/C14H18O/c1-4-14(3)8-7-13(15)11-9-10(2)5-6-12(11)14/h5-6,9H,4,7-8H2,1-3H3/t14-/m1/s1. The predicted octanol–water partition coefficient (Wildman–Crippen LogP) is 3.64. The Morgan fingerprint density at radius 1 is 1.40 bits per heavy atom. The third kappa shape index (κ3) is 1.60. The molecule has 0 saturated heterocycles. The Labute approximate surface area is 91.5 Å². The third-order valence-corrected chi connectivity index (χ3v) is 3.81. The van der Waals surface area contributed by atoms with Gasteiger partial charge >= 0.3 is 0 Å². The van der Waals surface area contributed by atoms with E-state index in [2.05, 4.69) is 26.0 Å². The first-order chi connectivity index (χ1) is 7.07. The number of ketones is 1. The molecular formula is C14H18O. The number of rotatable bonds is 1. The van der Waals surface area contributed by atoms with E-state index in [0.717, 1.165) is 18.4 Å². The van der Waals surface area contributed by atoms with Crippen LogP contribution in [0.15, 0.2) is 18.2 Å². The Kier molecular flexibility index (Phi) is 2.41. The zero-order chi connectivity index (χ0) is 11.1. The summed E-state index contributed by atoms with van der Waals surface area (Å²) < 4.78 is 0. The van der Waals surface area contributed by atoms with Gasteiger partial charge in [-0.25, -0.2) is 0 Å². The smallest absolute Gasteiger partial charge is 0.163 e. The van der Waals surface area contributed by atoms with Crippen molar-refractivity contribution >= 4 is 5.78 Å². The van der Waals surface area contributed by atoms with Crippen LogP contribution in [-0.4, -0.2) is 5.78 Å². The van der Waals surface area contributed by atoms with E-state index in [-0.39, 0.29) is 5.41 Å². The van der Waals surface area contributed by atoms with Crippen molar-refractivity contribution in [3.8, 4) is 0 Å². The molecule has 80 valence electrons. The second-order valence-electron chi connectivity index (χ2n) is 4.89. The van der Waals surface area contributed by atoms with Crippen LogP contribution < -0.4 is 0 Å². The van der Waals surface area contributed by atoms with E-state index >= 15 is 0 Å². The predicted molar refractivity (Wildman–Crippen MR) is 62.4 cm³/mol. The monoisotopic (exact) mass is 202 g/mol. The summed E-state index contributed by atoms with van der Waals surface area (Å²) in [6.45, 7) is 6.53. The summed E-state index contributed by atoms with van der Waals surface area (Å²) in [6, 6.07) is 6.31. The molecule has 0 spiro atoms. The summed E-state index contributed by atoms with van der Waals surface area (Å²) in [5.41, 5.74) is 3.61. The maximum absolute atomic E-state index is 11.8. The van der Waals surface area contributed by atoms with Crippen molar-refractivity contribution in [3.63, 3.8) is 0 Å². The number of hydrogen-bond donors (Lipinski definition) is 0. The van der Waals surface area contributed by atoms with Gasteiger partial charge in [0.1, 0.15) is 0 Å². The van der Waals surface area contributed by atoms with Gasteiger partial charge in [-0.3, -0.25) is 4.79 Å². The van der Waals surface area contributed by atoms with Gasteiger partial charge in [-0.2, -0.15) is 0 Å². The summed E-state index contributed by atoms with van der Waals surface area (Å²) in [4.78, 5) is 11.8. The number of benzene rings is 1. The van der Waals surface area contributed by atoms with E-state index in [1.165, 1.54) is 11.1 Å². The summed E-state index contributed by atoms with van der Waals surface area (Å²) in [5, 5.41) is 0. The number of Topliss-reactive ketones (excluding diaryl/α,β-unsaturated/α-hetero) is 1. The number of carbonyl (C=O) groups excluding carboxylic acids is 1. The van der Waals surface area contributed by atoms with E-state index in [0.29, 0.717) is 12.2 Å². The lowest BCUT2D eigenvalue weighted by Gasteiger charge is -2.34. The molecule has 0 bridgehead atoms. The lowest BCUT2D eigenvalue weighted by Crippen LogP contribution is -2.29. The number of fused-ring (bicyclic) bond motifs is 1. The zero-order valence-corrected chi connectivity index (χ0v) is 9.76. The van der Waals surface area contributed by atoms with Crippen molar-refractivity contribution in [2.45, 2.75) is 45.4 Å². The van der Waals surface area contributed by atoms with Gasteiger partial charge in [0.25, 0.3) is 0 Å². The van der Waals surface area contributed by atoms with Gasteiger partial charge in [0.05, 0.1) is 0 Å². The lowest BCUT2D eigenvalue weighted by atomic mass is 9.69. The van der Waals surface area contributed by atoms with Crippen LogP contribution >= 0.6 is 0 Å². The van der Waals surface area contributed by atoms with E-state index in [1.54, 1.807) is 0 Å². The maximum Gasteiger partial charge on any atom is 0.163 e. The Bertz CT molecular complexity index is 406. The van der Waals surface area contributed by atoms with Crippen LogP contribution in [0.1, 0.15) is 54.6 Å². The van der Waals surface area contributed by atoms with Crippen molar-refractivity contribution < 1.29 is 4.79 Å². The zero-order valence-electron chi connectivity index (χ0n) is 9.76. The highest BCUT2D eigenvalue weighted by Crippen LogP contribution is 2.39. The molecule has 1 nitrogen and oxygen atoms in total. The molecule has 0 N–H and O–H groups in total. The molecule has 1 aliphatic carbocycles. The Hall–Kier alpha value is -1.11. The van der Waals surface area contributed by atoms with Crippen LogP contribution in [0.5, 0.6) is 0 Å². The maximum atomic E-state index is 11.8. The second kappa shape index (κ2) is 3.48. The van der Waals surface area contributed by atoms with Gasteiger partial charge in [-0.1, -0.05) is 31.5 Å². The molecule has 1 aromatic rings. The first-order valence-corrected chi connectivity index (χ1v) is 5.71. The van der Waals surface area contributed by atoms with Crippen molar-refractivity contribution in [1.29, 1.82) is 0 Å². The van der Waals surface area contributed by atoms with Crippen LogP contribution in [-0.2, 0) is 5.41 Å². The van der Waals surface area contributed by atoms with Crippen molar-refractivity contribution in [2.24, 2.45) is 0 Å². The highest BCUT2D eigenvalue weighted by Gasteiger charge is 2.33. The molecule has 0 saturated carbocycles. The van der Waals surface area contributed by atoms with Gasteiger partial charge in [-0.05, 0) is 36.8 Å². The molecule has 1 aromatic carbocycles. The summed E-state index contributed by atoms with van der Waals surface area (Å²) in [7, 11) is 0. The molecule has 1 aliphatic rings. The molecular weight excluding hydrogens is 184 g/mol. The molecule has 2 rings (SSSR count). The van der Waals surface area contributed by atoms with Crippen molar-refractivity contribution in [2.75, 3.05) is 0 Å². The van der Waals surface area contributed by atoms with E-state index in [9.17, 15) is 4.79 Å². The van der Waals surface area contributed by atoms with Crippen LogP contribution in [0.4, 0.5) is 0 Å². The molecule has 0 heterocycles. The van der Waals surface area contributed by atoms with Crippen LogP contribution in [0.2, 0.25) is 0 Å². The average molecular weight is 202 g/mol. The Balaban J connectivity index is 2.60. The number of hydrogen-bond acceptors (Lipinski definition) is 1. The number of aryl methyl sites for hydroxylation is 1. The topological polar surface area (TPSA) is 17.1 Å². The average Bonchev–Trinajstić information content (AvgIpc) is 2.24. The molecule has 0 aromatic heterocycles. The largest absolute Gasteiger partial charge is 0.294 e. The van der Waals surface area contributed by atoms with Crippen LogP contribution in [0.25, 0.3) is 0 Å². The lowest BCUT2D eigenvalue weighted by molar-refractivity contribution is 0.0953. The minimum absolute atomic E-state index is 0.205. The molecule has 0 unspecified atom stereocenters. The molecule has 0 fully saturated rings. The molecule has 0 aliphatic heterocycles. The van der Waals surface area contributed by atoms with E-state index in [1.807, 2.05) is 13.0 Å². The fraction of sp³-hybridized carbons (Fsp3) is 0.500. The fourth-order valence-corrected chi connectivity index (χ4v) is 2.44. The quantitative estimate of drug-likeness (QED) is 0.679. The van der Waals surface area contributed by atoms with Gasteiger partial charge in [0, 0.05) is 12.0 Å². The summed E-state index contributed by atoms with van der Waals surface area (Å²) in [5.74, 6) is 0.319. The van der Waals surface area contributed by atoms with Gasteiger partial charge in [-0.15, -0.1) is 0 Å². The molecule has 15 heavy (non-hydrogen) atoms. The van der Waals surface area contributed by atoms with Gasteiger partial charge in [0.2, 0.25) is 0 Å². The molecule has 1 atom stereocenters. The normalized spacial score (nSPS) is 25.1. The highest BCUT2D eigenvalue weighted by molar-refractivity contribution is 5.99. The summed E-state index contributed by atoms with van der Waals surface area (Å²) >= 11 is 0. The third-order valence-electron chi connectivity index (χ3n) is 3.81. The molecule has 0 amide bonds. The summed E-state index contributed by atoms with van der Waals surface area (Å²) in [6.07, 6.45) is 2.82. The Morgan fingerprint density at radius 2 is 2.13 bits per heavy atom. The fourth-order valence-electron chi connectivity index (χ4n) is 2.44.